The van der Waals surface area contributed by atoms with Crippen LogP contribution in [0.25, 0.3) is 0 Å². The van der Waals surface area contributed by atoms with Crippen molar-refractivity contribution >= 4 is 29.9 Å². The van der Waals surface area contributed by atoms with Crippen LogP contribution in [-0.2, 0) is 4.79 Å². The molecule has 0 aromatic heterocycles. The summed E-state index contributed by atoms with van der Waals surface area (Å²) >= 11 is 5.94. The molecule has 20 heavy (non-hydrogen) atoms. The van der Waals surface area contributed by atoms with Crippen molar-refractivity contribution in [2.45, 2.75) is 39.2 Å². The van der Waals surface area contributed by atoms with Crippen molar-refractivity contribution in [2.75, 3.05) is 6.54 Å². The number of carbonyl (C=O) groups excluding carboxylic acids is 1. The summed E-state index contributed by atoms with van der Waals surface area (Å²) in [6.45, 7) is 6.58. The van der Waals surface area contributed by atoms with Crippen LogP contribution in [-0.4, -0.2) is 18.5 Å². The van der Waals surface area contributed by atoms with E-state index in [9.17, 15) is 4.79 Å². The van der Waals surface area contributed by atoms with Gasteiger partial charge in [0.05, 0.1) is 5.92 Å². The third-order valence-electron chi connectivity index (χ3n) is 3.13. The van der Waals surface area contributed by atoms with Crippen LogP contribution in [0.4, 0.5) is 0 Å². The van der Waals surface area contributed by atoms with Crippen molar-refractivity contribution < 1.29 is 4.79 Å². The molecule has 0 aliphatic rings. The maximum atomic E-state index is 12.2. The van der Waals surface area contributed by atoms with Gasteiger partial charge in [-0.25, -0.2) is 0 Å². The number of nitrogens with one attached hydrogen (secondary N) is 1. The van der Waals surface area contributed by atoms with Crippen LogP contribution in [0.15, 0.2) is 24.3 Å². The van der Waals surface area contributed by atoms with Crippen LogP contribution in [0.3, 0.4) is 0 Å². The van der Waals surface area contributed by atoms with Crippen LogP contribution >= 0.6 is 24.0 Å². The highest BCUT2D eigenvalue weighted by Crippen LogP contribution is 2.19. The summed E-state index contributed by atoms with van der Waals surface area (Å²) in [6, 6.07) is 7.43. The van der Waals surface area contributed by atoms with Gasteiger partial charge in [-0.05, 0) is 37.0 Å². The Morgan fingerprint density at radius 1 is 1.35 bits per heavy atom. The summed E-state index contributed by atoms with van der Waals surface area (Å²) in [6.07, 6.45) is 0.893. The predicted octanol–water partition coefficient (Wildman–Crippen LogP) is 3.35. The molecule has 0 saturated heterocycles. The fourth-order valence-corrected chi connectivity index (χ4v) is 2.24. The number of amides is 1. The first-order valence-corrected chi connectivity index (χ1v) is 7.07. The van der Waals surface area contributed by atoms with E-state index in [1.165, 1.54) is 0 Å². The Labute approximate surface area is 132 Å². The largest absolute Gasteiger partial charge is 0.352 e. The van der Waals surface area contributed by atoms with E-state index in [-0.39, 0.29) is 30.3 Å². The topological polar surface area (TPSA) is 55.1 Å². The average molecular weight is 319 g/mol. The molecule has 1 rings (SSSR count). The summed E-state index contributed by atoms with van der Waals surface area (Å²) in [7, 11) is 0. The van der Waals surface area contributed by atoms with Gasteiger partial charge in [0, 0.05) is 17.6 Å². The normalized spacial score (nSPS) is 13.5. The molecule has 0 aliphatic heterocycles. The van der Waals surface area contributed by atoms with Gasteiger partial charge in [-0.2, -0.15) is 0 Å². The third kappa shape index (κ3) is 6.12. The maximum Gasteiger partial charge on any atom is 0.227 e. The second-order valence-corrected chi connectivity index (χ2v) is 5.78. The van der Waals surface area contributed by atoms with Crippen molar-refractivity contribution in [2.24, 2.45) is 11.7 Å². The second kappa shape index (κ2) is 9.22. The predicted molar refractivity (Wildman–Crippen MR) is 87.6 cm³/mol. The van der Waals surface area contributed by atoms with Crippen molar-refractivity contribution in [3.05, 3.63) is 34.9 Å². The van der Waals surface area contributed by atoms with Crippen molar-refractivity contribution in [3.63, 3.8) is 0 Å². The fraction of sp³-hybridized carbons (Fsp3) is 0.533. The Morgan fingerprint density at radius 3 is 2.50 bits per heavy atom. The molecule has 0 heterocycles. The Hall–Kier alpha value is -0.770. The molecule has 3 nitrogen and oxygen atoms in total. The minimum absolute atomic E-state index is 0. The van der Waals surface area contributed by atoms with E-state index in [1.807, 2.05) is 25.1 Å². The Bertz CT molecular complexity index is 424. The molecule has 1 amide bonds. The quantitative estimate of drug-likeness (QED) is 0.845. The van der Waals surface area contributed by atoms with Crippen LogP contribution in [0.2, 0.25) is 5.02 Å². The van der Waals surface area contributed by atoms with Crippen molar-refractivity contribution in [1.29, 1.82) is 0 Å². The highest BCUT2D eigenvalue weighted by atomic mass is 35.5. The molecule has 0 radical (unpaired) electrons. The van der Waals surface area contributed by atoms with E-state index in [1.54, 1.807) is 6.07 Å². The van der Waals surface area contributed by atoms with Gasteiger partial charge < -0.3 is 11.1 Å². The lowest BCUT2D eigenvalue weighted by Gasteiger charge is -2.21. The fourth-order valence-electron chi connectivity index (χ4n) is 2.04. The first-order valence-electron chi connectivity index (χ1n) is 6.70. The van der Waals surface area contributed by atoms with E-state index >= 15 is 0 Å². The highest BCUT2D eigenvalue weighted by molar-refractivity contribution is 6.30. The standard InChI is InChI=1S/C15H23ClN2O.ClH/c1-10(2)7-14(9-17)18-15(19)11(3)12-5-4-6-13(16)8-12;/h4-6,8,10-11,14H,7,9,17H2,1-3H3,(H,18,19);1H. The van der Waals surface area contributed by atoms with Gasteiger partial charge in [0.1, 0.15) is 0 Å². The number of halogens is 2. The Morgan fingerprint density at radius 2 is 2.00 bits per heavy atom. The molecule has 0 spiro atoms. The summed E-state index contributed by atoms with van der Waals surface area (Å²) in [5, 5.41) is 3.66. The van der Waals surface area contributed by atoms with Crippen LogP contribution in [0.5, 0.6) is 0 Å². The molecule has 0 fully saturated rings. The van der Waals surface area contributed by atoms with Gasteiger partial charge in [0.25, 0.3) is 0 Å². The number of carbonyl (C=O) groups is 1. The Balaban J connectivity index is 0.00000361. The molecule has 1 aromatic rings. The molecule has 114 valence electrons. The van der Waals surface area contributed by atoms with E-state index in [0.717, 1.165) is 12.0 Å². The minimum Gasteiger partial charge on any atom is -0.352 e. The molecule has 1 aromatic carbocycles. The zero-order chi connectivity index (χ0) is 14.4. The Kier molecular flexibility index (Phi) is 8.86. The third-order valence-corrected chi connectivity index (χ3v) is 3.36. The van der Waals surface area contributed by atoms with Crippen LogP contribution in [0, 0.1) is 5.92 Å². The van der Waals surface area contributed by atoms with Gasteiger partial charge in [0.2, 0.25) is 5.91 Å². The zero-order valence-electron chi connectivity index (χ0n) is 12.2. The van der Waals surface area contributed by atoms with E-state index in [4.69, 9.17) is 17.3 Å². The molecule has 3 N–H and O–H groups in total. The van der Waals surface area contributed by atoms with Gasteiger partial charge in [-0.1, -0.05) is 37.6 Å². The highest BCUT2D eigenvalue weighted by Gasteiger charge is 2.19. The molecular weight excluding hydrogens is 295 g/mol. The SMILES string of the molecule is CC(C)CC(CN)NC(=O)C(C)c1cccc(Cl)c1.Cl. The lowest BCUT2D eigenvalue weighted by molar-refractivity contribution is -0.122. The lowest BCUT2D eigenvalue weighted by atomic mass is 9.98. The van der Waals surface area contributed by atoms with Gasteiger partial charge in [-0.3, -0.25) is 4.79 Å². The number of rotatable bonds is 6. The van der Waals surface area contributed by atoms with Crippen molar-refractivity contribution in [3.8, 4) is 0 Å². The molecule has 2 atom stereocenters. The zero-order valence-corrected chi connectivity index (χ0v) is 13.8. The second-order valence-electron chi connectivity index (χ2n) is 5.35. The minimum atomic E-state index is -0.222. The van der Waals surface area contributed by atoms with Crippen LogP contribution in [0.1, 0.15) is 38.7 Å². The summed E-state index contributed by atoms with van der Waals surface area (Å²) in [4.78, 5) is 12.2. The smallest absolute Gasteiger partial charge is 0.227 e. The monoisotopic (exact) mass is 318 g/mol. The van der Waals surface area contributed by atoms with Crippen LogP contribution < -0.4 is 11.1 Å². The maximum absolute atomic E-state index is 12.2. The first-order chi connectivity index (χ1) is 8.93. The molecule has 5 heteroatoms. The molecule has 2 unspecified atom stereocenters. The number of benzene rings is 1. The summed E-state index contributed by atoms with van der Waals surface area (Å²) in [5.41, 5.74) is 6.62. The van der Waals surface area contributed by atoms with E-state index in [2.05, 4.69) is 19.2 Å². The molecule has 0 aliphatic carbocycles. The van der Waals surface area contributed by atoms with Gasteiger partial charge >= 0.3 is 0 Å². The summed E-state index contributed by atoms with van der Waals surface area (Å²) < 4.78 is 0. The van der Waals surface area contributed by atoms with Crippen molar-refractivity contribution in [1.82, 2.24) is 5.32 Å². The molecule has 0 saturated carbocycles. The van der Waals surface area contributed by atoms with E-state index in [0.29, 0.717) is 17.5 Å². The number of hydrogen-bond donors (Lipinski definition) is 2. The van der Waals surface area contributed by atoms with Gasteiger partial charge in [-0.15, -0.1) is 12.4 Å². The number of nitrogens with two attached hydrogens (primary N) is 1. The summed E-state index contributed by atoms with van der Waals surface area (Å²) in [5.74, 6) is 0.286. The first kappa shape index (κ1) is 19.2. The lowest BCUT2D eigenvalue weighted by Crippen LogP contribution is -2.42. The van der Waals surface area contributed by atoms with Gasteiger partial charge in [0.15, 0.2) is 0 Å². The number of hydrogen-bond acceptors (Lipinski definition) is 2. The molecule has 0 bridgehead atoms. The molecular formula is C15H24Cl2N2O. The average Bonchev–Trinajstić information content (AvgIpc) is 2.36. The van der Waals surface area contributed by atoms with E-state index < -0.39 is 0 Å².